The van der Waals surface area contributed by atoms with E-state index in [0.29, 0.717) is 5.52 Å². The molecule has 0 bridgehead atoms. The number of hydrogen-bond donors (Lipinski definition) is 2. The van der Waals surface area contributed by atoms with Gasteiger partial charge in [-0.05, 0) is 41.5 Å². The highest BCUT2D eigenvalue weighted by Gasteiger charge is 2.59. The summed E-state index contributed by atoms with van der Waals surface area (Å²) in [4.78, 5) is 27.5. The third-order valence-corrected chi connectivity index (χ3v) is 7.12. The molecule has 0 saturated heterocycles. The van der Waals surface area contributed by atoms with Gasteiger partial charge in [0.2, 0.25) is 0 Å². The summed E-state index contributed by atoms with van der Waals surface area (Å²) in [6.07, 6.45) is -3.95. The molecule has 0 amide bonds. The summed E-state index contributed by atoms with van der Waals surface area (Å²) < 4.78 is 51.5. The summed E-state index contributed by atoms with van der Waals surface area (Å²) in [5, 5.41) is 20.2. The van der Waals surface area contributed by atoms with Crippen molar-refractivity contribution < 1.29 is 32.9 Å². The molecule has 0 spiro atoms. The number of halogens is 5. The molecule has 0 aliphatic rings. The number of aromatic nitrogens is 3. The lowest BCUT2D eigenvalue weighted by Gasteiger charge is -2.37. The molecule has 8 nitrogen and oxygen atoms in total. The number of aryl methyl sites for hydroxylation is 2. The third-order valence-electron chi connectivity index (χ3n) is 6.52. The normalized spacial score (nSPS) is 14.3. The van der Waals surface area contributed by atoms with E-state index in [-0.39, 0.29) is 38.3 Å². The van der Waals surface area contributed by atoms with Crippen LogP contribution in [0.3, 0.4) is 0 Å². The number of carbonyl (C=O) groups is 1. The lowest BCUT2D eigenvalue weighted by Crippen LogP contribution is -2.46. The average molecular weight is 570 g/mol. The first kappa shape index (κ1) is 27.5. The van der Waals surface area contributed by atoms with Gasteiger partial charge in [-0.2, -0.15) is 13.2 Å². The molecule has 2 N–H and O–H groups in total. The van der Waals surface area contributed by atoms with E-state index in [1.807, 2.05) is 0 Å². The molecule has 4 rings (SSSR count). The SMILES string of the molecule is C[C@H](c1ccc(Oc2c(C(=O)O)ccnc2Cl)cc1Cl)[C@@](O)(c1ccc2c(c1)n(C)c(=O)n2C)C(F)(F)F. The summed E-state index contributed by atoms with van der Waals surface area (Å²) in [5.41, 5.74) is -4.03. The Labute approximate surface area is 223 Å². The molecule has 13 heteroatoms. The molecule has 2 aromatic heterocycles. The number of aromatic carboxylic acids is 1. The molecule has 2 aromatic carbocycles. The fourth-order valence-electron chi connectivity index (χ4n) is 4.36. The molecule has 38 heavy (non-hydrogen) atoms. The molecule has 200 valence electrons. The Hall–Kier alpha value is -3.54. The number of imidazole rings is 1. The maximum Gasteiger partial charge on any atom is 0.422 e. The summed E-state index contributed by atoms with van der Waals surface area (Å²) in [6.45, 7) is 1.17. The fourth-order valence-corrected chi connectivity index (χ4v) is 4.89. The predicted molar refractivity (Wildman–Crippen MR) is 134 cm³/mol. The zero-order chi connectivity index (χ0) is 28.2. The van der Waals surface area contributed by atoms with Crippen molar-refractivity contribution in [2.24, 2.45) is 14.1 Å². The summed E-state index contributed by atoms with van der Waals surface area (Å²) in [5.74, 6) is -3.23. The van der Waals surface area contributed by atoms with Crippen molar-refractivity contribution in [2.45, 2.75) is 24.6 Å². The maximum atomic E-state index is 14.5. The van der Waals surface area contributed by atoms with Gasteiger partial charge in [-0.1, -0.05) is 42.3 Å². The molecule has 0 saturated carbocycles. The minimum absolute atomic E-state index is 0.0143. The molecule has 0 radical (unpaired) electrons. The Bertz CT molecular complexity index is 1630. The number of rotatable bonds is 6. The van der Waals surface area contributed by atoms with Gasteiger partial charge in [0.25, 0.3) is 0 Å². The molecule has 0 fully saturated rings. The van der Waals surface area contributed by atoms with Crippen molar-refractivity contribution in [1.82, 2.24) is 14.1 Å². The van der Waals surface area contributed by atoms with Crippen LogP contribution < -0.4 is 10.4 Å². The number of ether oxygens (including phenoxy) is 1. The summed E-state index contributed by atoms with van der Waals surface area (Å²) in [6, 6.07) is 8.45. The van der Waals surface area contributed by atoms with Crippen LogP contribution in [0.4, 0.5) is 13.2 Å². The van der Waals surface area contributed by atoms with E-state index >= 15 is 0 Å². The van der Waals surface area contributed by atoms with Crippen LogP contribution in [0.2, 0.25) is 10.2 Å². The highest BCUT2D eigenvalue weighted by molar-refractivity contribution is 6.32. The van der Waals surface area contributed by atoms with Crippen molar-refractivity contribution >= 4 is 40.2 Å². The first-order chi connectivity index (χ1) is 17.7. The predicted octanol–water partition coefficient (Wildman–Crippen LogP) is 5.62. The van der Waals surface area contributed by atoms with Gasteiger partial charge in [-0.25, -0.2) is 14.6 Å². The molecule has 0 unspecified atom stereocenters. The van der Waals surface area contributed by atoms with Crippen LogP contribution >= 0.6 is 23.2 Å². The van der Waals surface area contributed by atoms with Crippen LogP contribution in [0.5, 0.6) is 11.5 Å². The van der Waals surface area contributed by atoms with Crippen LogP contribution in [0.1, 0.15) is 34.3 Å². The number of alkyl halides is 3. The van der Waals surface area contributed by atoms with E-state index in [4.69, 9.17) is 27.9 Å². The number of aliphatic hydroxyl groups is 1. The van der Waals surface area contributed by atoms with Gasteiger partial charge < -0.3 is 14.9 Å². The fraction of sp³-hybridized carbons (Fsp3) is 0.240. The quantitative estimate of drug-likeness (QED) is 0.292. The number of nitrogens with zero attached hydrogens (tertiary/aromatic N) is 3. The van der Waals surface area contributed by atoms with Crippen molar-refractivity contribution in [3.63, 3.8) is 0 Å². The zero-order valence-electron chi connectivity index (χ0n) is 20.0. The number of carboxylic acid groups (broad SMARTS) is 1. The van der Waals surface area contributed by atoms with Crippen molar-refractivity contribution in [1.29, 1.82) is 0 Å². The number of pyridine rings is 1. The second-order valence-electron chi connectivity index (χ2n) is 8.66. The van der Waals surface area contributed by atoms with Gasteiger partial charge in [-0.3, -0.25) is 9.13 Å². The Morgan fingerprint density at radius 2 is 1.71 bits per heavy atom. The second kappa shape index (κ2) is 9.64. The molecule has 2 heterocycles. The topological polar surface area (TPSA) is 107 Å². The van der Waals surface area contributed by atoms with E-state index in [1.165, 1.54) is 66.7 Å². The smallest absolute Gasteiger partial charge is 0.422 e. The number of carboxylic acids is 1. The third kappa shape index (κ3) is 4.40. The second-order valence-corrected chi connectivity index (χ2v) is 9.42. The van der Waals surface area contributed by atoms with Gasteiger partial charge in [0.05, 0.1) is 11.0 Å². The Morgan fingerprint density at radius 1 is 1.05 bits per heavy atom. The van der Waals surface area contributed by atoms with E-state index < -0.39 is 34.9 Å². The van der Waals surface area contributed by atoms with Gasteiger partial charge in [0.15, 0.2) is 16.5 Å². The monoisotopic (exact) mass is 569 g/mol. The molecule has 0 aliphatic heterocycles. The molecule has 0 aliphatic carbocycles. The lowest BCUT2D eigenvalue weighted by atomic mass is 9.77. The molecular formula is C25H20Cl2F3N3O5. The average Bonchev–Trinajstić information content (AvgIpc) is 3.07. The standard InChI is InChI=1S/C25H20Cl2F3N3O5/c1-12(15-6-5-14(11-17(15)26)38-20-16(22(34)35)8-9-31-21(20)27)24(37,25(28,29)30)13-4-7-18-19(10-13)33(3)23(36)32(18)2/h4-12,37H,1-3H3,(H,34,35)/t12-,24-/m1/s1. The van der Waals surface area contributed by atoms with Crippen molar-refractivity contribution in [3.8, 4) is 11.5 Å². The summed E-state index contributed by atoms with van der Waals surface area (Å²) in [7, 11) is 2.91. The van der Waals surface area contributed by atoms with E-state index in [0.717, 1.165) is 12.1 Å². The molecular weight excluding hydrogens is 550 g/mol. The van der Waals surface area contributed by atoms with Crippen LogP contribution in [0, 0.1) is 0 Å². The Morgan fingerprint density at radius 3 is 2.32 bits per heavy atom. The maximum absolute atomic E-state index is 14.5. The first-order valence-electron chi connectivity index (χ1n) is 11.0. The van der Waals surface area contributed by atoms with E-state index in [9.17, 15) is 33.0 Å². The Balaban J connectivity index is 1.78. The largest absolute Gasteiger partial charge is 0.478 e. The van der Waals surface area contributed by atoms with Crippen molar-refractivity contribution in [3.05, 3.63) is 86.0 Å². The van der Waals surface area contributed by atoms with Crippen LogP contribution in [0.15, 0.2) is 53.5 Å². The minimum atomic E-state index is -5.13. The van der Waals surface area contributed by atoms with Gasteiger partial charge in [0, 0.05) is 31.2 Å². The van der Waals surface area contributed by atoms with Gasteiger partial charge in [-0.15, -0.1) is 0 Å². The summed E-state index contributed by atoms with van der Waals surface area (Å²) >= 11 is 12.3. The highest BCUT2D eigenvalue weighted by atomic mass is 35.5. The zero-order valence-corrected chi connectivity index (χ0v) is 21.6. The van der Waals surface area contributed by atoms with Gasteiger partial charge in [0.1, 0.15) is 11.3 Å². The molecule has 2 atom stereocenters. The van der Waals surface area contributed by atoms with Gasteiger partial charge >= 0.3 is 17.8 Å². The Kier molecular flexibility index (Phi) is 6.98. The number of fused-ring (bicyclic) bond motifs is 1. The number of hydrogen-bond acceptors (Lipinski definition) is 5. The highest BCUT2D eigenvalue weighted by Crippen LogP contribution is 2.50. The lowest BCUT2D eigenvalue weighted by molar-refractivity contribution is -0.274. The van der Waals surface area contributed by atoms with E-state index in [2.05, 4.69) is 4.98 Å². The molecule has 4 aromatic rings. The van der Waals surface area contributed by atoms with Crippen LogP contribution in [-0.4, -0.2) is 36.5 Å². The van der Waals surface area contributed by atoms with Crippen LogP contribution in [-0.2, 0) is 19.7 Å². The first-order valence-corrected chi connectivity index (χ1v) is 11.7. The van der Waals surface area contributed by atoms with E-state index in [1.54, 1.807) is 0 Å². The minimum Gasteiger partial charge on any atom is -0.478 e. The van der Waals surface area contributed by atoms with Crippen molar-refractivity contribution in [2.75, 3.05) is 0 Å². The number of benzene rings is 2. The van der Waals surface area contributed by atoms with Crippen LogP contribution in [0.25, 0.3) is 11.0 Å².